The van der Waals surface area contributed by atoms with Gasteiger partial charge in [-0.15, -0.1) is 10.2 Å². The second kappa shape index (κ2) is 7.55. The fourth-order valence-electron chi connectivity index (χ4n) is 2.57. The summed E-state index contributed by atoms with van der Waals surface area (Å²) in [5.74, 6) is 0.726. The SMILES string of the molecule is O=C(Nc1ccc(-c2nnc(-c3ccccc3)o2)cc1)c1cccc(Br)c1. The van der Waals surface area contributed by atoms with Gasteiger partial charge < -0.3 is 9.73 Å². The lowest BCUT2D eigenvalue weighted by molar-refractivity contribution is 0.102. The van der Waals surface area contributed by atoms with Gasteiger partial charge in [0.05, 0.1) is 0 Å². The molecule has 132 valence electrons. The van der Waals surface area contributed by atoms with E-state index in [0.29, 0.717) is 23.0 Å². The van der Waals surface area contributed by atoms with Crippen LogP contribution in [-0.2, 0) is 0 Å². The topological polar surface area (TPSA) is 68.0 Å². The van der Waals surface area contributed by atoms with Crippen LogP contribution in [0.4, 0.5) is 5.69 Å². The highest BCUT2D eigenvalue weighted by atomic mass is 79.9. The number of aromatic nitrogens is 2. The van der Waals surface area contributed by atoms with Gasteiger partial charge in [-0.25, -0.2) is 0 Å². The smallest absolute Gasteiger partial charge is 0.255 e. The number of nitrogens with zero attached hydrogens (tertiary/aromatic N) is 2. The summed E-state index contributed by atoms with van der Waals surface area (Å²) >= 11 is 3.37. The fraction of sp³-hybridized carbons (Fsp3) is 0. The summed E-state index contributed by atoms with van der Waals surface area (Å²) in [7, 11) is 0. The number of anilines is 1. The van der Waals surface area contributed by atoms with Crippen LogP contribution in [0, 0.1) is 0 Å². The van der Waals surface area contributed by atoms with E-state index in [0.717, 1.165) is 15.6 Å². The van der Waals surface area contributed by atoms with Crippen molar-refractivity contribution < 1.29 is 9.21 Å². The molecule has 4 rings (SSSR count). The van der Waals surface area contributed by atoms with Crippen molar-refractivity contribution in [2.45, 2.75) is 0 Å². The summed E-state index contributed by atoms with van der Waals surface area (Å²) in [6.45, 7) is 0. The largest absolute Gasteiger partial charge is 0.416 e. The first-order chi connectivity index (χ1) is 13.2. The van der Waals surface area contributed by atoms with Gasteiger partial charge in [-0.1, -0.05) is 40.2 Å². The summed E-state index contributed by atoms with van der Waals surface area (Å²) in [4.78, 5) is 12.3. The normalized spacial score (nSPS) is 10.6. The summed E-state index contributed by atoms with van der Waals surface area (Å²) in [5, 5.41) is 11.1. The molecule has 0 saturated heterocycles. The molecule has 0 saturated carbocycles. The zero-order chi connectivity index (χ0) is 18.6. The number of rotatable bonds is 4. The number of hydrogen-bond acceptors (Lipinski definition) is 4. The van der Waals surface area contributed by atoms with Crippen molar-refractivity contribution >= 4 is 27.5 Å². The minimum Gasteiger partial charge on any atom is -0.416 e. The van der Waals surface area contributed by atoms with Crippen LogP contribution >= 0.6 is 15.9 Å². The van der Waals surface area contributed by atoms with Crippen molar-refractivity contribution in [2.24, 2.45) is 0 Å². The Morgan fingerprint density at radius 2 is 1.48 bits per heavy atom. The number of carbonyl (C=O) groups excluding carboxylic acids is 1. The molecule has 1 aromatic heterocycles. The Labute approximate surface area is 164 Å². The third kappa shape index (κ3) is 3.96. The lowest BCUT2D eigenvalue weighted by Crippen LogP contribution is -2.11. The molecule has 0 aliphatic heterocycles. The van der Waals surface area contributed by atoms with E-state index in [-0.39, 0.29) is 5.91 Å². The molecule has 0 fully saturated rings. The standard InChI is InChI=1S/C21H14BrN3O2/c22-17-8-4-7-16(13-17)19(26)23-18-11-9-15(10-12-18)21-25-24-20(27-21)14-5-2-1-3-6-14/h1-13H,(H,23,26). The van der Waals surface area contributed by atoms with E-state index in [1.54, 1.807) is 24.3 Å². The van der Waals surface area contributed by atoms with Gasteiger partial charge in [0.15, 0.2) is 0 Å². The van der Waals surface area contributed by atoms with E-state index < -0.39 is 0 Å². The maximum Gasteiger partial charge on any atom is 0.255 e. The predicted octanol–water partition coefficient (Wildman–Crippen LogP) is 5.42. The molecule has 27 heavy (non-hydrogen) atoms. The summed E-state index contributed by atoms with van der Waals surface area (Å²) in [6, 6.07) is 24.1. The Balaban J connectivity index is 1.49. The Hall–Kier alpha value is -3.25. The monoisotopic (exact) mass is 419 g/mol. The van der Waals surface area contributed by atoms with Crippen LogP contribution in [0.15, 0.2) is 87.8 Å². The predicted molar refractivity (Wildman–Crippen MR) is 107 cm³/mol. The molecular weight excluding hydrogens is 406 g/mol. The minimum atomic E-state index is -0.173. The van der Waals surface area contributed by atoms with Crippen LogP contribution in [0.5, 0.6) is 0 Å². The zero-order valence-corrected chi connectivity index (χ0v) is 15.7. The van der Waals surface area contributed by atoms with Crippen LogP contribution in [0.25, 0.3) is 22.9 Å². The number of hydrogen-bond donors (Lipinski definition) is 1. The molecule has 6 heteroatoms. The quantitative estimate of drug-likeness (QED) is 0.479. The third-order valence-corrected chi connectivity index (χ3v) is 4.42. The van der Waals surface area contributed by atoms with Gasteiger partial charge >= 0.3 is 0 Å². The van der Waals surface area contributed by atoms with Gasteiger partial charge in [-0.3, -0.25) is 4.79 Å². The van der Waals surface area contributed by atoms with E-state index in [4.69, 9.17) is 4.42 Å². The highest BCUT2D eigenvalue weighted by Crippen LogP contribution is 2.25. The average Bonchev–Trinajstić information content (AvgIpc) is 3.19. The lowest BCUT2D eigenvalue weighted by atomic mass is 10.2. The van der Waals surface area contributed by atoms with Crippen LogP contribution < -0.4 is 5.32 Å². The molecule has 1 amide bonds. The molecule has 0 bridgehead atoms. The van der Waals surface area contributed by atoms with Gasteiger partial charge in [0.25, 0.3) is 5.91 Å². The minimum absolute atomic E-state index is 0.173. The van der Waals surface area contributed by atoms with E-state index in [9.17, 15) is 4.79 Å². The molecule has 5 nitrogen and oxygen atoms in total. The highest BCUT2D eigenvalue weighted by molar-refractivity contribution is 9.10. The lowest BCUT2D eigenvalue weighted by Gasteiger charge is -2.06. The number of amides is 1. The summed E-state index contributed by atoms with van der Waals surface area (Å²) in [5.41, 5.74) is 2.92. The van der Waals surface area contributed by atoms with Gasteiger partial charge in [0, 0.05) is 26.9 Å². The van der Waals surface area contributed by atoms with E-state index in [2.05, 4.69) is 31.4 Å². The molecule has 0 aliphatic carbocycles. The van der Waals surface area contributed by atoms with Crippen LogP contribution in [0.2, 0.25) is 0 Å². The molecule has 0 spiro atoms. The Morgan fingerprint density at radius 1 is 0.815 bits per heavy atom. The van der Waals surface area contributed by atoms with Crippen LogP contribution in [-0.4, -0.2) is 16.1 Å². The number of nitrogens with one attached hydrogen (secondary N) is 1. The van der Waals surface area contributed by atoms with Crippen molar-refractivity contribution in [1.29, 1.82) is 0 Å². The average molecular weight is 420 g/mol. The number of benzene rings is 3. The highest BCUT2D eigenvalue weighted by Gasteiger charge is 2.11. The van der Waals surface area contributed by atoms with E-state index in [1.807, 2.05) is 54.6 Å². The van der Waals surface area contributed by atoms with Crippen molar-refractivity contribution in [3.8, 4) is 22.9 Å². The molecule has 0 aliphatic rings. The second-order valence-corrected chi connectivity index (χ2v) is 6.74. The Kier molecular flexibility index (Phi) is 4.80. The molecule has 3 aromatic carbocycles. The van der Waals surface area contributed by atoms with Crippen LogP contribution in [0.3, 0.4) is 0 Å². The van der Waals surface area contributed by atoms with Crippen molar-refractivity contribution in [3.05, 3.63) is 88.9 Å². The molecule has 0 atom stereocenters. The van der Waals surface area contributed by atoms with Crippen LogP contribution in [0.1, 0.15) is 10.4 Å². The Bertz CT molecular complexity index is 1080. The molecule has 1 heterocycles. The zero-order valence-electron chi connectivity index (χ0n) is 14.1. The fourth-order valence-corrected chi connectivity index (χ4v) is 2.97. The second-order valence-electron chi connectivity index (χ2n) is 5.82. The Morgan fingerprint density at radius 3 is 2.15 bits per heavy atom. The third-order valence-electron chi connectivity index (χ3n) is 3.92. The first kappa shape index (κ1) is 17.2. The molecule has 0 unspecified atom stereocenters. The molecular formula is C21H14BrN3O2. The first-order valence-electron chi connectivity index (χ1n) is 8.25. The molecule has 1 N–H and O–H groups in total. The number of carbonyl (C=O) groups is 1. The van der Waals surface area contributed by atoms with E-state index >= 15 is 0 Å². The summed E-state index contributed by atoms with van der Waals surface area (Å²) in [6.07, 6.45) is 0. The van der Waals surface area contributed by atoms with Gasteiger partial charge in [0.1, 0.15) is 0 Å². The van der Waals surface area contributed by atoms with Gasteiger partial charge in [-0.05, 0) is 54.6 Å². The van der Waals surface area contributed by atoms with Crippen molar-refractivity contribution in [2.75, 3.05) is 5.32 Å². The number of halogens is 1. The van der Waals surface area contributed by atoms with Gasteiger partial charge in [0.2, 0.25) is 11.8 Å². The first-order valence-corrected chi connectivity index (χ1v) is 9.04. The summed E-state index contributed by atoms with van der Waals surface area (Å²) < 4.78 is 6.60. The molecule has 4 aromatic rings. The maximum atomic E-state index is 12.3. The van der Waals surface area contributed by atoms with Crippen molar-refractivity contribution in [1.82, 2.24) is 10.2 Å². The van der Waals surface area contributed by atoms with Gasteiger partial charge in [-0.2, -0.15) is 0 Å². The maximum absolute atomic E-state index is 12.3. The molecule has 0 radical (unpaired) electrons. The van der Waals surface area contributed by atoms with E-state index in [1.165, 1.54) is 0 Å². The van der Waals surface area contributed by atoms with Crippen molar-refractivity contribution in [3.63, 3.8) is 0 Å².